The number of amides is 1. The monoisotopic (exact) mass is 419 g/mol. The lowest BCUT2D eigenvalue weighted by atomic mass is 10.2. The van der Waals surface area contributed by atoms with Crippen LogP contribution in [0.5, 0.6) is 5.75 Å². The van der Waals surface area contributed by atoms with Crippen LogP contribution in [0.3, 0.4) is 0 Å². The first-order chi connectivity index (χ1) is 15.1. The Morgan fingerprint density at radius 3 is 2.45 bits per heavy atom. The second kappa shape index (κ2) is 9.20. The summed E-state index contributed by atoms with van der Waals surface area (Å²) in [5.41, 5.74) is 3.42. The molecule has 3 heterocycles. The van der Waals surface area contributed by atoms with Gasteiger partial charge in [0.1, 0.15) is 17.3 Å². The van der Waals surface area contributed by atoms with Crippen molar-refractivity contribution >= 4 is 18.4 Å². The largest absolute Gasteiger partial charge is 0.497 e. The van der Waals surface area contributed by atoms with Crippen LogP contribution in [0.15, 0.2) is 59.0 Å². The average Bonchev–Trinajstić information content (AvgIpc) is 3.43. The summed E-state index contributed by atoms with van der Waals surface area (Å²) in [7, 11) is 3.56. The zero-order valence-corrected chi connectivity index (χ0v) is 18.3. The lowest BCUT2D eigenvalue weighted by Crippen LogP contribution is -2.31. The fourth-order valence-corrected chi connectivity index (χ4v) is 4.18. The van der Waals surface area contributed by atoms with Crippen LogP contribution in [0, 0.1) is 0 Å². The average molecular weight is 420 g/mol. The van der Waals surface area contributed by atoms with E-state index in [4.69, 9.17) is 4.74 Å². The first-order valence-electron chi connectivity index (χ1n) is 10.6. The van der Waals surface area contributed by atoms with Gasteiger partial charge in [0, 0.05) is 39.4 Å². The number of likely N-dealkylation sites (N-methyl/N-ethyl adjacent to an activating group) is 1. The molecule has 0 saturated carbocycles. The molecular weight excluding hydrogens is 390 g/mol. The topological polar surface area (TPSA) is 61.3 Å². The van der Waals surface area contributed by atoms with Gasteiger partial charge in [-0.05, 0) is 48.9 Å². The molecule has 2 aliphatic rings. The molecule has 4 rings (SSSR count). The van der Waals surface area contributed by atoms with E-state index in [2.05, 4.69) is 33.7 Å². The SMILES string of the molecule is C=NC1=C(N(C)Cc2ccc(N3CCCC3)nc2)C(=O)N(Cc2ccc(OC)cc2)C1. The van der Waals surface area contributed by atoms with E-state index >= 15 is 0 Å². The Morgan fingerprint density at radius 1 is 1.13 bits per heavy atom. The molecule has 1 amide bonds. The van der Waals surface area contributed by atoms with E-state index in [9.17, 15) is 4.79 Å². The van der Waals surface area contributed by atoms with Crippen LogP contribution in [0.1, 0.15) is 24.0 Å². The molecule has 0 radical (unpaired) electrons. The normalized spacial score (nSPS) is 16.3. The first-order valence-corrected chi connectivity index (χ1v) is 10.6. The van der Waals surface area contributed by atoms with Crippen LogP contribution in [0.4, 0.5) is 5.82 Å². The number of aromatic nitrogens is 1. The van der Waals surface area contributed by atoms with Gasteiger partial charge in [-0.2, -0.15) is 0 Å². The highest BCUT2D eigenvalue weighted by molar-refractivity contribution is 5.96. The van der Waals surface area contributed by atoms with Gasteiger partial charge < -0.3 is 19.4 Å². The molecule has 0 spiro atoms. The maximum absolute atomic E-state index is 13.2. The molecule has 1 aromatic heterocycles. The Morgan fingerprint density at radius 2 is 1.84 bits per heavy atom. The van der Waals surface area contributed by atoms with Gasteiger partial charge in [0.05, 0.1) is 19.4 Å². The van der Waals surface area contributed by atoms with Crippen LogP contribution in [0.25, 0.3) is 0 Å². The third-order valence-electron chi connectivity index (χ3n) is 5.87. The Bertz CT molecular complexity index is 962. The second-order valence-corrected chi connectivity index (χ2v) is 8.04. The molecule has 1 saturated heterocycles. The summed E-state index contributed by atoms with van der Waals surface area (Å²) >= 11 is 0. The number of carbonyl (C=O) groups excluding carboxylic acids is 1. The predicted molar refractivity (Wildman–Crippen MR) is 122 cm³/mol. The molecule has 1 aromatic carbocycles. The zero-order valence-electron chi connectivity index (χ0n) is 18.3. The van der Waals surface area contributed by atoms with E-state index in [0.717, 1.165) is 35.8 Å². The summed E-state index contributed by atoms with van der Waals surface area (Å²) in [4.78, 5) is 28.0. The van der Waals surface area contributed by atoms with Crippen molar-refractivity contribution in [1.82, 2.24) is 14.8 Å². The van der Waals surface area contributed by atoms with Gasteiger partial charge in [-0.3, -0.25) is 9.79 Å². The summed E-state index contributed by atoms with van der Waals surface area (Å²) < 4.78 is 5.21. The first kappa shape index (κ1) is 20.9. The van der Waals surface area contributed by atoms with Crippen molar-refractivity contribution in [2.75, 3.05) is 38.7 Å². The number of methoxy groups -OCH3 is 1. The van der Waals surface area contributed by atoms with Crippen molar-refractivity contribution in [2.24, 2.45) is 4.99 Å². The maximum atomic E-state index is 13.2. The lowest BCUT2D eigenvalue weighted by molar-refractivity contribution is -0.127. The molecule has 162 valence electrons. The van der Waals surface area contributed by atoms with E-state index in [1.165, 1.54) is 12.8 Å². The highest BCUT2D eigenvalue weighted by atomic mass is 16.5. The highest BCUT2D eigenvalue weighted by Crippen LogP contribution is 2.26. The minimum atomic E-state index is -0.0256. The third kappa shape index (κ3) is 4.55. The number of carbonyl (C=O) groups is 1. The lowest BCUT2D eigenvalue weighted by Gasteiger charge is -2.22. The quantitative estimate of drug-likeness (QED) is 0.616. The van der Waals surface area contributed by atoms with Gasteiger partial charge in [-0.15, -0.1) is 0 Å². The van der Waals surface area contributed by atoms with Crippen molar-refractivity contribution in [3.05, 3.63) is 65.1 Å². The van der Waals surface area contributed by atoms with Crippen molar-refractivity contribution in [3.8, 4) is 5.75 Å². The smallest absolute Gasteiger partial charge is 0.272 e. The van der Waals surface area contributed by atoms with Gasteiger partial charge in [0.15, 0.2) is 0 Å². The summed E-state index contributed by atoms with van der Waals surface area (Å²) in [6.45, 7) is 7.40. The van der Waals surface area contributed by atoms with Crippen molar-refractivity contribution in [2.45, 2.75) is 25.9 Å². The van der Waals surface area contributed by atoms with Gasteiger partial charge >= 0.3 is 0 Å². The Balaban J connectivity index is 1.42. The van der Waals surface area contributed by atoms with Crippen molar-refractivity contribution in [1.29, 1.82) is 0 Å². The van der Waals surface area contributed by atoms with Crippen LogP contribution in [-0.4, -0.2) is 61.2 Å². The zero-order chi connectivity index (χ0) is 21.8. The number of ether oxygens (including phenoxy) is 1. The van der Waals surface area contributed by atoms with E-state index in [1.54, 1.807) is 12.0 Å². The third-order valence-corrected chi connectivity index (χ3v) is 5.87. The molecule has 0 unspecified atom stereocenters. The number of nitrogens with zero attached hydrogens (tertiary/aromatic N) is 5. The molecule has 7 nitrogen and oxygen atoms in total. The number of benzene rings is 1. The predicted octanol–water partition coefficient (Wildman–Crippen LogP) is 3.08. The van der Waals surface area contributed by atoms with Crippen LogP contribution < -0.4 is 9.64 Å². The van der Waals surface area contributed by atoms with E-state index in [0.29, 0.717) is 31.0 Å². The van der Waals surface area contributed by atoms with Gasteiger partial charge in [-0.1, -0.05) is 18.2 Å². The minimum Gasteiger partial charge on any atom is -0.497 e. The molecular formula is C24H29N5O2. The summed E-state index contributed by atoms with van der Waals surface area (Å²) in [5.74, 6) is 1.80. The fourth-order valence-electron chi connectivity index (χ4n) is 4.18. The Kier molecular flexibility index (Phi) is 6.21. The maximum Gasteiger partial charge on any atom is 0.272 e. The van der Waals surface area contributed by atoms with Gasteiger partial charge in [-0.25, -0.2) is 4.98 Å². The number of aliphatic imine (C=N–C) groups is 1. The number of rotatable bonds is 8. The summed E-state index contributed by atoms with van der Waals surface area (Å²) in [6.07, 6.45) is 4.36. The van der Waals surface area contributed by atoms with Gasteiger partial charge in [0.25, 0.3) is 5.91 Å². The molecule has 7 heteroatoms. The molecule has 1 fully saturated rings. The van der Waals surface area contributed by atoms with Crippen LogP contribution in [0.2, 0.25) is 0 Å². The number of hydrogen-bond acceptors (Lipinski definition) is 6. The highest BCUT2D eigenvalue weighted by Gasteiger charge is 2.32. The number of hydrogen-bond donors (Lipinski definition) is 0. The van der Waals surface area contributed by atoms with Crippen molar-refractivity contribution < 1.29 is 9.53 Å². The van der Waals surface area contributed by atoms with Crippen molar-refractivity contribution in [3.63, 3.8) is 0 Å². The molecule has 0 aliphatic carbocycles. The molecule has 2 aliphatic heterocycles. The second-order valence-electron chi connectivity index (χ2n) is 8.04. The Hall–Kier alpha value is -3.35. The standard InChI is InChI=1S/C24H29N5O2/c1-25-21-17-29(16-18-6-9-20(31-3)10-7-18)24(30)23(21)27(2)15-19-8-11-22(26-14-19)28-12-4-5-13-28/h6-11,14H,1,4-5,12-13,15-17H2,2-3H3. The van der Waals surface area contributed by atoms with E-state index in [-0.39, 0.29) is 5.91 Å². The van der Waals surface area contributed by atoms with Crippen LogP contribution in [-0.2, 0) is 17.9 Å². The fraction of sp³-hybridized carbons (Fsp3) is 0.375. The van der Waals surface area contributed by atoms with E-state index < -0.39 is 0 Å². The molecule has 0 N–H and O–H groups in total. The number of pyridine rings is 1. The number of anilines is 1. The molecule has 0 bridgehead atoms. The van der Waals surface area contributed by atoms with Gasteiger partial charge in [0.2, 0.25) is 0 Å². The summed E-state index contributed by atoms with van der Waals surface area (Å²) in [6, 6.07) is 11.9. The Labute approximate surface area is 183 Å². The molecule has 31 heavy (non-hydrogen) atoms. The molecule has 0 atom stereocenters. The van der Waals surface area contributed by atoms with E-state index in [1.807, 2.05) is 42.4 Å². The summed E-state index contributed by atoms with van der Waals surface area (Å²) in [5, 5.41) is 0. The molecule has 2 aromatic rings. The minimum absolute atomic E-state index is 0.0256. The van der Waals surface area contributed by atoms with Crippen LogP contribution >= 0.6 is 0 Å².